The monoisotopic (exact) mass is 389 g/mol. The standard InChI is InChI=1S/C19H23N3O4S/c1-4-21-12-15(10-20-21)13-22(11-14(2)3)27(24,25)17-6-7-18-16(9-17)5-8-19(23)26-18/h5-10,12,14H,4,11,13H2,1-3H3. The Morgan fingerprint density at radius 2 is 2.00 bits per heavy atom. The second-order valence-electron chi connectivity index (χ2n) is 6.85. The van der Waals surface area contributed by atoms with Gasteiger partial charge < -0.3 is 4.42 Å². The van der Waals surface area contributed by atoms with Crippen molar-refractivity contribution in [1.82, 2.24) is 14.1 Å². The molecule has 8 heteroatoms. The number of nitrogens with zero attached hydrogens (tertiary/aromatic N) is 3. The van der Waals surface area contributed by atoms with Crippen molar-refractivity contribution >= 4 is 21.0 Å². The van der Waals surface area contributed by atoms with Crippen LogP contribution < -0.4 is 5.63 Å². The van der Waals surface area contributed by atoms with Gasteiger partial charge in [0.1, 0.15) is 5.58 Å². The summed E-state index contributed by atoms with van der Waals surface area (Å²) in [4.78, 5) is 11.5. The van der Waals surface area contributed by atoms with Crippen LogP contribution in [-0.4, -0.2) is 29.0 Å². The normalized spacial score (nSPS) is 12.3. The van der Waals surface area contributed by atoms with Crippen molar-refractivity contribution in [3.63, 3.8) is 0 Å². The van der Waals surface area contributed by atoms with E-state index in [9.17, 15) is 13.2 Å². The van der Waals surface area contributed by atoms with E-state index >= 15 is 0 Å². The molecule has 0 unspecified atom stereocenters. The molecule has 0 saturated heterocycles. The minimum Gasteiger partial charge on any atom is -0.423 e. The number of sulfonamides is 1. The molecule has 3 aromatic rings. The number of hydrogen-bond donors (Lipinski definition) is 0. The Kier molecular flexibility index (Phi) is 5.48. The first-order valence-electron chi connectivity index (χ1n) is 8.85. The van der Waals surface area contributed by atoms with Crippen LogP contribution in [0, 0.1) is 5.92 Å². The lowest BCUT2D eigenvalue weighted by Gasteiger charge is -2.23. The number of rotatable bonds is 7. The summed E-state index contributed by atoms with van der Waals surface area (Å²) in [7, 11) is -3.72. The molecule has 1 aromatic carbocycles. The van der Waals surface area contributed by atoms with Crippen LogP contribution in [0.1, 0.15) is 26.3 Å². The molecular weight excluding hydrogens is 366 g/mol. The van der Waals surface area contributed by atoms with Gasteiger partial charge in [0.25, 0.3) is 0 Å². The third-order valence-electron chi connectivity index (χ3n) is 4.17. The van der Waals surface area contributed by atoms with E-state index in [1.807, 2.05) is 27.0 Å². The molecule has 0 aliphatic rings. The highest BCUT2D eigenvalue weighted by molar-refractivity contribution is 7.89. The molecule has 0 N–H and O–H groups in total. The molecule has 144 valence electrons. The zero-order valence-corrected chi connectivity index (χ0v) is 16.4. The molecule has 0 amide bonds. The van der Waals surface area contributed by atoms with Crippen LogP contribution in [-0.2, 0) is 23.1 Å². The van der Waals surface area contributed by atoms with E-state index in [1.54, 1.807) is 16.9 Å². The predicted octanol–water partition coefficient (Wildman–Crippen LogP) is 2.86. The van der Waals surface area contributed by atoms with Crippen molar-refractivity contribution in [2.24, 2.45) is 5.92 Å². The molecule has 0 atom stereocenters. The number of fused-ring (bicyclic) bond motifs is 1. The van der Waals surface area contributed by atoms with E-state index < -0.39 is 15.6 Å². The minimum absolute atomic E-state index is 0.166. The van der Waals surface area contributed by atoms with Gasteiger partial charge in [-0.05, 0) is 37.1 Å². The van der Waals surface area contributed by atoms with E-state index in [-0.39, 0.29) is 17.4 Å². The zero-order valence-electron chi connectivity index (χ0n) is 15.6. The van der Waals surface area contributed by atoms with Crippen LogP contribution in [0.4, 0.5) is 0 Å². The van der Waals surface area contributed by atoms with Crippen molar-refractivity contribution in [1.29, 1.82) is 0 Å². The van der Waals surface area contributed by atoms with Crippen LogP contribution in [0.5, 0.6) is 0 Å². The first-order chi connectivity index (χ1) is 12.8. The molecule has 0 bridgehead atoms. The lowest BCUT2D eigenvalue weighted by atomic mass is 10.2. The highest BCUT2D eigenvalue weighted by Crippen LogP contribution is 2.23. The molecule has 2 heterocycles. The summed E-state index contributed by atoms with van der Waals surface area (Å²) in [6, 6.07) is 7.38. The van der Waals surface area contributed by atoms with Gasteiger partial charge in [-0.3, -0.25) is 4.68 Å². The highest BCUT2D eigenvalue weighted by Gasteiger charge is 2.26. The quantitative estimate of drug-likeness (QED) is 0.580. The molecule has 7 nitrogen and oxygen atoms in total. The second kappa shape index (κ2) is 7.66. The van der Waals surface area contributed by atoms with Crippen LogP contribution in [0.25, 0.3) is 11.0 Å². The molecule has 0 radical (unpaired) electrons. The Morgan fingerprint density at radius 1 is 1.22 bits per heavy atom. The largest absolute Gasteiger partial charge is 0.423 e. The van der Waals surface area contributed by atoms with Gasteiger partial charge in [-0.15, -0.1) is 0 Å². The first kappa shape index (κ1) is 19.3. The van der Waals surface area contributed by atoms with E-state index in [1.165, 1.54) is 28.6 Å². The average molecular weight is 389 g/mol. The van der Waals surface area contributed by atoms with Crippen LogP contribution >= 0.6 is 0 Å². The van der Waals surface area contributed by atoms with Crippen LogP contribution in [0.15, 0.2) is 56.8 Å². The summed E-state index contributed by atoms with van der Waals surface area (Å²) in [5, 5.41) is 4.79. The smallest absolute Gasteiger partial charge is 0.336 e. The Balaban J connectivity index is 1.98. The highest BCUT2D eigenvalue weighted by atomic mass is 32.2. The summed E-state index contributed by atoms with van der Waals surface area (Å²) in [6.45, 7) is 7.31. The molecular formula is C19H23N3O4S. The maximum Gasteiger partial charge on any atom is 0.336 e. The number of aryl methyl sites for hydroxylation is 1. The first-order valence-corrected chi connectivity index (χ1v) is 10.3. The maximum absolute atomic E-state index is 13.3. The predicted molar refractivity (Wildman–Crippen MR) is 103 cm³/mol. The Morgan fingerprint density at radius 3 is 2.67 bits per heavy atom. The number of hydrogen-bond acceptors (Lipinski definition) is 5. The summed E-state index contributed by atoms with van der Waals surface area (Å²) in [5.41, 5.74) is 0.737. The molecule has 0 fully saturated rings. The fourth-order valence-electron chi connectivity index (χ4n) is 2.88. The van der Waals surface area contributed by atoms with Crippen molar-refractivity contribution < 1.29 is 12.8 Å². The van der Waals surface area contributed by atoms with Gasteiger partial charge in [0.2, 0.25) is 10.0 Å². The topological polar surface area (TPSA) is 85.4 Å². The SMILES string of the molecule is CCn1cc(CN(CC(C)C)S(=O)(=O)c2ccc3oc(=O)ccc3c2)cn1. The van der Waals surface area contributed by atoms with E-state index in [0.717, 1.165) is 12.1 Å². The Labute approximate surface area is 158 Å². The van der Waals surface area contributed by atoms with Crippen LogP contribution in [0.3, 0.4) is 0 Å². The molecule has 3 rings (SSSR count). The summed E-state index contributed by atoms with van der Waals surface area (Å²) in [6.07, 6.45) is 3.55. The minimum atomic E-state index is -3.72. The van der Waals surface area contributed by atoms with Gasteiger partial charge in [0, 0.05) is 42.8 Å². The summed E-state index contributed by atoms with van der Waals surface area (Å²) < 4.78 is 34.9. The van der Waals surface area contributed by atoms with E-state index in [0.29, 0.717) is 17.5 Å². The van der Waals surface area contributed by atoms with E-state index in [2.05, 4.69) is 5.10 Å². The van der Waals surface area contributed by atoms with Crippen molar-refractivity contribution in [2.45, 2.75) is 38.8 Å². The van der Waals surface area contributed by atoms with Crippen LogP contribution in [0.2, 0.25) is 0 Å². The fourth-order valence-corrected chi connectivity index (χ4v) is 4.51. The van der Waals surface area contributed by atoms with Gasteiger partial charge >= 0.3 is 5.63 Å². The molecule has 0 spiro atoms. The average Bonchev–Trinajstić information content (AvgIpc) is 3.08. The second-order valence-corrected chi connectivity index (χ2v) is 8.79. The van der Waals surface area contributed by atoms with E-state index in [4.69, 9.17) is 4.42 Å². The zero-order chi connectivity index (χ0) is 19.6. The lowest BCUT2D eigenvalue weighted by Crippen LogP contribution is -2.33. The van der Waals surface area contributed by atoms with Gasteiger partial charge in [0.05, 0.1) is 11.1 Å². The van der Waals surface area contributed by atoms with Crippen molar-refractivity contribution in [2.75, 3.05) is 6.54 Å². The summed E-state index contributed by atoms with van der Waals surface area (Å²) in [5.74, 6) is 0.166. The Bertz CT molecular complexity index is 1100. The fraction of sp³-hybridized carbons (Fsp3) is 0.368. The third-order valence-corrected chi connectivity index (χ3v) is 5.97. The summed E-state index contributed by atoms with van der Waals surface area (Å²) >= 11 is 0. The molecule has 0 aliphatic heterocycles. The van der Waals surface area contributed by atoms with Gasteiger partial charge in [-0.2, -0.15) is 9.40 Å². The maximum atomic E-state index is 13.3. The lowest BCUT2D eigenvalue weighted by molar-refractivity contribution is 0.362. The number of aromatic nitrogens is 2. The van der Waals surface area contributed by atoms with Gasteiger partial charge in [0.15, 0.2) is 0 Å². The van der Waals surface area contributed by atoms with Crippen molar-refractivity contribution in [3.05, 3.63) is 58.7 Å². The van der Waals surface area contributed by atoms with Crippen molar-refractivity contribution in [3.8, 4) is 0 Å². The Hall–Kier alpha value is -2.45. The molecule has 0 saturated carbocycles. The van der Waals surface area contributed by atoms with Gasteiger partial charge in [-0.1, -0.05) is 13.8 Å². The third kappa shape index (κ3) is 4.28. The molecule has 27 heavy (non-hydrogen) atoms. The number of benzene rings is 1. The molecule has 0 aliphatic carbocycles. The molecule has 2 aromatic heterocycles. The van der Waals surface area contributed by atoms with Gasteiger partial charge in [-0.25, -0.2) is 13.2 Å².